The van der Waals surface area contributed by atoms with Crippen molar-refractivity contribution in [1.82, 2.24) is 4.90 Å². The molecule has 0 radical (unpaired) electrons. The third kappa shape index (κ3) is 2.47. The number of aryl methyl sites for hydroxylation is 2. The normalized spacial score (nSPS) is 22.8. The lowest BCUT2D eigenvalue weighted by Gasteiger charge is -2.32. The number of nitrogens with zero attached hydrogens (tertiary/aromatic N) is 2. The Balaban J connectivity index is 1.90. The molecule has 0 aliphatic carbocycles. The van der Waals surface area contributed by atoms with E-state index < -0.39 is 11.7 Å². The van der Waals surface area contributed by atoms with Gasteiger partial charge in [0.1, 0.15) is 0 Å². The molecule has 0 spiro atoms. The fraction of sp³-hybridized carbons (Fsp3) is 0.500. The molecule has 112 valence electrons. The zero-order valence-electron chi connectivity index (χ0n) is 12.7. The van der Waals surface area contributed by atoms with Crippen molar-refractivity contribution in [1.29, 1.82) is 0 Å². The molecule has 21 heavy (non-hydrogen) atoms. The second kappa shape index (κ2) is 5.24. The Morgan fingerprint density at radius 1 is 1.29 bits per heavy atom. The van der Waals surface area contributed by atoms with E-state index in [4.69, 9.17) is 4.74 Å². The molecule has 1 unspecified atom stereocenters. The van der Waals surface area contributed by atoms with Crippen LogP contribution >= 0.6 is 0 Å². The van der Waals surface area contributed by atoms with E-state index >= 15 is 0 Å². The van der Waals surface area contributed by atoms with Gasteiger partial charge in [-0.15, -0.1) is 0 Å². The molecule has 1 fully saturated rings. The van der Waals surface area contributed by atoms with E-state index in [-0.39, 0.29) is 6.10 Å². The number of likely N-dealkylation sites (N-methyl/N-ethyl adjacent to an activating group) is 1. The van der Waals surface area contributed by atoms with Crippen molar-refractivity contribution in [2.75, 3.05) is 38.2 Å². The molecule has 0 saturated carbocycles. The van der Waals surface area contributed by atoms with Crippen molar-refractivity contribution < 1.29 is 14.3 Å². The Labute approximate surface area is 124 Å². The molecule has 5 heteroatoms. The molecule has 3 rings (SSSR count). The van der Waals surface area contributed by atoms with Gasteiger partial charge in [-0.3, -0.25) is 9.59 Å². The van der Waals surface area contributed by atoms with E-state index in [1.54, 1.807) is 4.90 Å². The monoisotopic (exact) mass is 288 g/mol. The maximum Gasteiger partial charge on any atom is 0.299 e. The maximum absolute atomic E-state index is 12.3. The summed E-state index contributed by atoms with van der Waals surface area (Å²) in [5, 5.41) is 0. The van der Waals surface area contributed by atoms with Crippen LogP contribution in [-0.2, 0) is 9.53 Å². The predicted molar refractivity (Wildman–Crippen MR) is 79.8 cm³/mol. The number of ether oxygens (including phenoxy) is 1. The number of benzene rings is 1. The van der Waals surface area contributed by atoms with Crippen molar-refractivity contribution in [2.24, 2.45) is 0 Å². The summed E-state index contributed by atoms with van der Waals surface area (Å²) in [6.45, 7) is 6.63. The third-order valence-corrected chi connectivity index (χ3v) is 4.14. The molecule has 0 aromatic heterocycles. The summed E-state index contributed by atoms with van der Waals surface area (Å²) >= 11 is 0. The minimum absolute atomic E-state index is 0.0488. The molecular weight excluding hydrogens is 268 g/mol. The highest BCUT2D eigenvalue weighted by molar-refractivity contribution is 6.52. The van der Waals surface area contributed by atoms with E-state index in [1.807, 2.05) is 33.0 Å². The van der Waals surface area contributed by atoms with Crippen LogP contribution in [0.25, 0.3) is 0 Å². The molecule has 2 heterocycles. The Kier molecular flexibility index (Phi) is 3.55. The molecule has 1 saturated heterocycles. The van der Waals surface area contributed by atoms with Gasteiger partial charge < -0.3 is 14.5 Å². The standard InChI is InChI=1S/C16H20N2O3/c1-10-6-11(2)14-13(7-10)18(16(20)15(14)19)9-12-8-17(3)4-5-21-12/h6-7,12H,4-5,8-9H2,1-3H3. The van der Waals surface area contributed by atoms with Gasteiger partial charge in [-0.1, -0.05) is 6.07 Å². The second-order valence-corrected chi connectivity index (χ2v) is 5.98. The summed E-state index contributed by atoms with van der Waals surface area (Å²) < 4.78 is 5.72. The number of amides is 1. The minimum atomic E-state index is -0.435. The van der Waals surface area contributed by atoms with Crippen LogP contribution in [0, 0.1) is 13.8 Å². The summed E-state index contributed by atoms with van der Waals surface area (Å²) in [6.07, 6.45) is -0.0488. The molecule has 1 aromatic carbocycles. The zero-order chi connectivity index (χ0) is 15.1. The SMILES string of the molecule is Cc1cc(C)c2c(c1)N(CC1CN(C)CCO1)C(=O)C2=O. The van der Waals surface area contributed by atoms with Crippen LogP contribution in [0.4, 0.5) is 5.69 Å². The average Bonchev–Trinajstić information content (AvgIpc) is 2.64. The van der Waals surface area contributed by atoms with Crippen LogP contribution in [0.3, 0.4) is 0 Å². The van der Waals surface area contributed by atoms with Crippen molar-refractivity contribution in [2.45, 2.75) is 20.0 Å². The van der Waals surface area contributed by atoms with Crippen molar-refractivity contribution in [3.8, 4) is 0 Å². The number of Topliss-reactive ketones (excluding diaryl/α,β-unsaturated/α-hetero) is 1. The fourth-order valence-electron chi connectivity index (χ4n) is 3.15. The van der Waals surface area contributed by atoms with E-state index in [0.717, 1.165) is 29.9 Å². The summed E-state index contributed by atoms with van der Waals surface area (Å²) in [5.41, 5.74) is 3.21. The van der Waals surface area contributed by atoms with Gasteiger partial charge >= 0.3 is 0 Å². The van der Waals surface area contributed by atoms with Gasteiger partial charge in [-0.25, -0.2) is 0 Å². The summed E-state index contributed by atoms with van der Waals surface area (Å²) in [7, 11) is 2.04. The number of hydrogen-bond donors (Lipinski definition) is 0. The first-order chi connectivity index (χ1) is 9.97. The number of fused-ring (bicyclic) bond motifs is 1. The van der Waals surface area contributed by atoms with Gasteiger partial charge in [-0.2, -0.15) is 0 Å². The van der Waals surface area contributed by atoms with Crippen LogP contribution in [0.15, 0.2) is 12.1 Å². The predicted octanol–water partition coefficient (Wildman–Crippen LogP) is 1.16. The van der Waals surface area contributed by atoms with Gasteiger partial charge in [0.05, 0.1) is 30.5 Å². The molecule has 1 atom stereocenters. The number of rotatable bonds is 2. The molecule has 5 nitrogen and oxygen atoms in total. The quantitative estimate of drug-likeness (QED) is 0.766. The zero-order valence-corrected chi connectivity index (χ0v) is 12.7. The van der Waals surface area contributed by atoms with Crippen LogP contribution in [-0.4, -0.2) is 56.0 Å². The van der Waals surface area contributed by atoms with Gasteiger partial charge in [0.25, 0.3) is 11.7 Å². The lowest BCUT2D eigenvalue weighted by molar-refractivity contribution is -0.115. The van der Waals surface area contributed by atoms with Gasteiger partial charge in [0.2, 0.25) is 0 Å². The Bertz CT molecular complexity index is 612. The number of morpholine rings is 1. The smallest absolute Gasteiger partial charge is 0.299 e. The van der Waals surface area contributed by atoms with Crippen molar-refractivity contribution in [3.05, 3.63) is 28.8 Å². The summed E-state index contributed by atoms with van der Waals surface area (Å²) in [6, 6.07) is 3.86. The average molecular weight is 288 g/mol. The Hall–Kier alpha value is -1.72. The lowest BCUT2D eigenvalue weighted by atomic mass is 10.0. The topological polar surface area (TPSA) is 49.9 Å². The van der Waals surface area contributed by atoms with E-state index in [2.05, 4.69) is 4.90 Å². The van der Waals surface area contributed by atoms with E-state index in [0.29, 0.717) is 18.7 Å². The molecular formula is C16H20N2O3. The Morgan fingerprint density at radius 2 is 2.05 bits per heavy atom. The van der Waals surface area contributed by atoms with E-state index in [1.165, 1.54) is 0 Å². The van der Waals surface area contributed by atoms with Gasteiger partial charge in [0.15, 0.2) is 0 Å². The highest BCUT2D eigenvalue weighted by Crippen LogP contribution is 2.33. The summed E-state index contributed by atoms with van der Waals surface area (Å²) in [5.74, 6) is -0.831. The van der Waals surface area contributed by atoms with Crippen LogP contribution in [0.1, 0.15) is 21.5 Å². The molecule has 0 N–H and O–H groups in total. The fourth-order valence-corrected chi connectivity index (χ4v) is 3.15. The molecule has 1 aromatic rings. The van der Waals surface area contributed by atoms with Crippen LogP contribution in [0.2, 0.25) is 0 Å². The Morgan fingerprint density at radius 3 is 2.76 bits per heavy atom. The first-order valence-electron chi connectivity index (χ1n) is 7.25. The molecule has 2 aliphatic heterocycles. The lowest BCUT2D eigenvalue weighted by Crippen LogP contribution is -2.47. The number of hydrogen-bond acceptors (Lipinski definition) is 4. The maximum atomic E-state index is 12.3. The minimum Gasteiger partial charge on any atom is -0.374 e. The van der Waals surface area contributed by atoms with Crippen LogP contribution in [0.5, 0.6) is 0 Å². The number of anilines is 1. The van der Waals surface area contributed by atoms with Crippen molar-refractivity contribution >= 4 is 17.4 Å². The van der Waals surface area contributed by atoms with Crippen LogP contribution < -0.4 is 4.90 Å². The molecule has 2 aliphatic rings. The van der Waals surface area contributed by atoms with Gasteiger partial charge in [0, 0.05) is 13.1 Å². The largest absolute Gasteiger partial charge is 0.374 e. The molecule has 1 amide bonds. The third-order valence-electron chi connectivity index (χ3n) is 4.14. The van der Waals surface area contributed by atoms with Crippen molar-refractivity contribution in [3.63, 3.8) is 0 Å². The van der Waals surface area contributed by atoms with E-state index in [9.17, 15) is 9.59 Å². The molecule has 0 bridgehead atoms. The summed E-state index contributed by atoms with van der Waals surface area (Å²) in [4.78, 5) is 28.3. The number of carbonyl (C=O) groups is 2. The highest BCUT2D eigenvalue weighted by Gasteiger charge is 2.38. The number of ketones is 1. The second-order valence-electron chi connectivity index (χ2n) is 5.98. The first-order valence-corrected chi connectivity index (χ1v) is 7.25. The van der Waals surface area contributed by atoms with Gasteiger partial charge in [-0.05, 0) is 38.1 Å². The highest BCUT2D eigenvalue weighted by atomic mass is 16.5. The number of carbonyl (C=O) groups excluding carboxylic acids is 2. The first kappa shape index (κ1) is 14.2.